The second-order valence-corrected chi connectivity index (χ2v) is 5.25. The van der Waals surface area contributed by atoms with E-state index in [9.17, 15) is 4.79 Å². The lowest BCUT2D eigenvalue weighted by Crippen LogP contribution is -2.11. The lowest BCUT2D eigenvalue weighted by molar-refractivity contribution is 0.102. The van der Waals surface area contributed by atoms with Crippen molar-refractivity contribution in [2.45, 2.75) is 20.4 Å². The molecule has 0 aliphatic rings. The maximum atomic E-state index is 12.3. The van der Waals surface area contributed by atoms with Gasteiger partial charge in [0.15, 0.2) is 5.82 Å². The van der Waals surface area contributed by atoms with Crippen LogP contribution in [-0.4, -0.2) is 30.5 Å². The van der Waals surface area contributed by atoms with Crippen LogP contribution in [-0.2, 0) is 13.6 Å². The topological polar surface area (TPSA) is 77.6 Å². The van der Waals surface area contributed by atoms with Crippen molar-refractivity contribution in [3.05, 3.63) is 48.0 Å². The Kier molecular flexibility index (Phi) is 3.92. The van der Waals surface area contributed by atoms with Crippen molar-refractivity contribution in [3.63, 3.8) is 0 Å². The van der Waals surface area contributed by atoms with Crippen molar-refractivity contribution in [2.75, 3.05) is 5.32 Å². The summed E-state index contributed by atoms with van der Waals surface area (Å²) in [6.45, 7) is 4.60. The first kappa shape index (κ1) is 15.0. The summed E-state index contributed by atoms with van der Waals surface area (Å²) >= 11 is 0. The van der Waals surface area contributed by atoms with Crippen LogP contribution in [0.5, 0.6) is 0 Å². The smallest absolute Gasteiger partial charge is 0.258 e. The lowest BCUT2D eigenvalue weighted by atomic mass is 10.2. The summed E-state index contributed by atoms with van der Waals surface area (Å²) in [7, 11) is 1.91. The molecule has 0 bridgehead atoms. The molecule has 0 aliphatic carbocycles. The first-order valence-corrected chi connectivity index (χ1v) is 7.38. The molecule has 0 radical (unpaired) electrons. The number of aryl methyl sites for hydroxylation is 2. The summed E-state index contributed by atoms with van der Waals surface area (Å²) in [5.41, 5.74) is 2.14. The van der Waals surface area contributed by atoms with Gasteiger partial charge in [0.25, 0.3) is 5.91 Å². The third-order valence-electron chi connectivity index (χ3n) is 3.69. The number of benzene rings is 1. The van der Waals surface area contributed by atoms with Gasteiger partial charge in [-0.25, -0.2) is 0 Å². The summed E-state index contributed by atoms with van der Waals surface area (Å²) in [5.74, 6) is 1.41. The van der Waals surface area contributed by atoms with E-state index in [-0.39, 0.29) is 5.91 Å². The summed E-state index contributed by atoms with van der Waals surface area (Å²) in [4.78, 5) is 12.3. The molecule has 23 heavy (non-hydrogen) atoms. The van der Waals surface area contributed by atoms with E-state index in [0.717, 1.165) is 23.8 Å². The molecular weight excluding hydrogens is 292 g/mol. The van der Waals surface area contributed by atoms with Crippen LogP contribution >= 0.6 is 0 Å². The van der Waals surface area contributed by atoms with E-state index in [0.29, 0.717) is 11.3 Å². The maximum Gasteiger partial charge on any atom is 0.258 e. The third-order valence-corrected chi connectivity index (χ3v) is 3.69. The predicted octanol–water partition coefficient (Wildman–Crippen LogP) is 2.26. The molecule has 118 valence electrons. The molecule has 3 rings (SSSR count). The number of rotatable bonds is 4. The fourth-order valence-electron chi connectivity index (χ4n) is 2.25. The van der Waals surface area contributed by atoms with Gasteiger partial charge in [-0.1, -0.05) is 12.1 Å². The Hall–Kier alpha value is -2.96. The van der Waals surface area contributed by atoms with Gasteiger partial charge in [0.2, 0.25) is 0 Å². The zero-order valence-electron chi connectivity index (χ0n) is 13.3. The molecule has 2 heterocycles. The molecule has 0 spiro atoms. The molecule has 0 fully saturated rings. The molecule has 0 saturated heterocycles. The van der Waals surface area contributed by atoms with E-state index < -0.39 is 0 Å². The minimum atomic E-state index is -0.184. The van der Waals surface area contributed by atoms with E-state index in [1.807, 2.05) is 49.7 Å². The highest BCUT2D eigenvalue weighted by atomic mass is 16.1. The SMILES string of the molecule is CCn1cc(C(=O)Nc2cccc(-c3nnc(C)n3C)c2)cn1. The van der Waals surface area contributed by atoms with Crippen molar-refractivity contribution in [1.29, 1.82) is 0 Å². The Balaban J connectivity index is 1.82. The lowest BCUT2D eigenvalue weighted by Gasteiger charge is -2.06. The second kappa shape index (κ2) is 6.04. The quantitative estimate of drug-likeness (QED) is 0.802. The molecule has 0 saturated carbocycles. The Morgan fingerprint density at radius 3 is 2.78 bits per heavy atom. The first-order chi connectivity index (χ1) is 11.1. The summed E-state index contributed by atoms with van der Waals surface area (Å²) in [5, 5.41) is 15.2. The number of aromatic nitrogens is 5. The molecule has 1 aromatic carbocycles. The Morgan fingerprint density at radius 1 is 1.30 bits per heavy atom. The standard InChI is InChI=1S/C16H18N6O/c1-4-22-10-13(9-17-22)16(23)18-14-7-5-6-12(8-14)15-20-19-11(2)21(15)3/h5-10H,4H2,1-3H3,(H,18,23). The molecule has 2 aromatic heterocycles. The molecule has 7 nitrogen and oxygen atoms in total. The van der Waals surface area contributed by atoms with E-state index in [2.05, 4.69) is 20.6 Å². The summed E-state index contributed by atoms with van der Waals surface area (Å²) < 4.78 is 3.62. The Morgan fingerprint density at radius 2 is 2.13 bits per heavy atom. The van der Waals surface area contributed by atoms with Crippen LogP contribution in [0.25, 0.3) is 11.4 Å². The fraction of sp³-hybridized carbons (Fsp3) is 0.250. The van der Waals surface area contributed by atoms with Gasteiger partial charge in [-0.05, 0) is 26.0 Å². The highest BCUT2D eigenvalue weighted by molar-refractivity contribution is 6.04. The second-order valence-electron chi connectivity index (χ2n) is 5.25. The van der Waals surface area contributed by atoms with Gasteiger partial charge in [0, 0.05) is 31.0 Å². The number of anilines is 1. The third kappa shape index (κ3) is 2.98. The van der Waals surface area contributed by atoms with Gasteiger partial charge in [0.05, 0.1) is 11.8 Å². The number of hydrogen-bond donors (Lipinski definition) is 1. The van der Waals surface area contributed by atoms with E-state index in [1.54, 1.807) is 17.1 Å². The summed E-state index contributed by atoms with van der Waals surface area (Å²) in [6, 6.07) is 7.54. The van der Waals surface area contributed by atoms with Crippen molar-refractivity contribution in [1.82, 2.24) is 24.5 Å². The van der Waals surface area contributed by atoms with Crippen molar-refractivity contribution in [3.8, 4) is 11.4 Å². The van der Waals surface area contributed by atoms with Crippen molar-refractivity contribution >= 4 is 11.6 Å². The number of amides is 1. The van der Waals surface area contributed by atoms with Crippen LogP contribution in [0.15, 0.2) is 36.7 Å². The fourth-order valence-corrected chi connectivity index (χ4v) is 2.25. The zero-order valence-corrected chi connectivity index (χ0v) is 13.3. The van der Waals surface area contributed by atoms with Crippen LogP contribution in [0, 0.1) is 6.92 Å². The van der Waals surface area contributed by atoms with Crippen LogP contribution in [0.2, 0.25) is 0 Å². The predicted molar refractivity (Wildman–Crippen MR) is 87.0 cm³/mol. The molecule has 1 N–H and O–H groups in total. The van der Waals surface area contributed by atoms with Gasteiger partial charge >= 0.3 is 0 Å². The van der Waals surface area contributed by atoms with E-state index >= 15 is 0 Å². The average molecular weight is 310 g/mol. The number of nitrogens with one attached hydrogen (secondary N) is 1. The molecule has 3 aromatic rings. The average Bonchev–Trinajstić information content (AvgIpc) is 3.16. The van der Waals surface area contributed by atoms with Crippen molar-refractivity contribution < 1.29 is 4.79 Å². The highest BCUT2D eigenvalue weighted by Crippen LogP contribution is 2.21. The number of nitrogens with zero attached hydrogens (tertiary/aromatic N) is 5. The van der Waals surface area contributed by atoms with Gasteiger partial charge in [-0.15, -0.1) is 10.2 Å². The molecular formula is C16H18N6O. The van der Waals surface area contributed by atoms with Crippen molar-refractivity contribution in [2.24, 2.45) is 7.05 Å². The largest absolute Gasteiger partial charge is 0.322 e. The first-order valence-electron chi connectivity index (χ1n) is 7.38. The van der Waals surface area contributed by atoms with Gasteiger partial charge in [-0.2, -0.15) is 5.10 Å². The maximum absolute atomic E-state index is 12.3. The normalized spacial score (nSPS) is 10.7. The zero-order chi connectivity index (χ0) is 16.4. The minimum Gasteiger partial charge on any atom is -0.322 e. The van der Waals surface area contributed by atoms with E-state index in [4.69, 9.17) is 0 Å². The molecule has 0 aliphatic heterocycles. The molecule has 0 atom stereocenters. The van der Waals surface area contributed by atoms with Crippen LogP contribution < -0.4 is 5.32 Å². The monoisotopic (exact) mass is 310 g/mol. The Bertz CT molecular complexity index is 848. The van der Waals surface area contributed by atoms with Gasteiger partial charge in [0.1, 0.15) is 5.82 Å². The number of carbonyl (C=O) groups is 1. The number of carbonyl (C=O) groups excluding carboxylic acids is 1. The molecule has 7 heteroatoms. The van der Waals surface area contributed by atoms with E-state index in [1.165, 1.54) is 0 Å². The minimum absolute atomic E-state index is 0.184. The van der Waals surface area contributed by atoms with Gasteiger partial charge < -0.3 is 9.88 Å². The van der Waals surface area contributed by atoms with Crippen LogP contribution in [0.1, 0.15) is 23.1 Å². The number of hydrogen-bond acceptors (Lipinski definition) is 4. The van der Waals surface area contributed by atoms with Crippen LogP contribution in [0.4, 0.5) is 5.69 Å². The highest BCUT2D eigenvalue weighted by Gasteiger charge is 2.11. The van der Waals surface area contributed by atoms with Crippen LogP contribution in [0.3, 0.4) is 0 Å². The summed E-state index contributed by atoms with van der Waals surface area (Å²) in [6.07, 6.45) is 3.29. The van der Waals surface area contributed by atoms with Gasteiger partial charge in [-0.3, -0.25) is 9.48 Å². The molecule has 0 unspecified atom stereocenters. The Labute approximate surface area is 134 Å². The molecule has 1 amide bonds.